The smallest absolute Gasteiger partial charge is 0.325 e. The third-order valence-corrected chi connectivity index (χ3v) is 6.08. The summed E-state index contributed by atoms with van der Waals surface area (Å²) in [5.41, 5.74) is 7.20. The Labute approximate surface area is 191 Å². The molecule has 0 aromatic heterocycles. The summed E-state index contributed by atoms with van der Waals surface area (Å²) in [4.78, 5) is 28.2. The number of carbonyl (C=O) groups is 2. The first kappa shape index (κ1) is 20.5. The number of amidine groups is 1. The average molecular weight is 434 g/mol. The molecule has 1 aliphatic heterocycles. The second kappa shape index (κ2) is 7.91. The highest BCUT2D eigenvalue weighted by Gasteiger charge is 2.53. The molecule has 1 saturated heterocycles. The molecule has 4 aromatic carbocycles. The minimum Gasteiger partial charge on any atom is -0.384 e. The van der Waals surface area contributed by atoms with E-state index in [1.165, 1.54) is 4.90 Å². The number of rotatable bonds is 5. The maximum atomic E-state index is 13.8. The molecular weight excluding hydrogens is 412 g/mol. The van der Waals surface area contributed by atoms with Crippen LogP contribution in [0.2, 0.25) is 0 Å². The molecule has 0 radical (unpaired) electrons. The molecule has 4 aromatic rings. The van der Waals surface area contributed by atoms with E-state index < -0.39 is 11.6 Å². The van der Waals surface area contributed by atoms with Gasteiger partial charge in [-0.25, -0.2) is 4.79 Å². The van der Waals surface area contributed by atoms with Crippen molar-refractivity contribution in [1.82, 2.24) is 10.2 Å². The molecule has 33 heavy (non-hydrogen) atoms. The fraction of sp³-hybridized carbons (Fsp3) is 0.0741. The Bertz CT molecular complexity index is 1340. The number of carbonyl (C=O) groups excluding carboxylic acids is 2. The van der Waals surface area contributed by atoms with Gasteiger partial charge in [-0.15, -0.1) is 0 Å². The normalized spacial score (nSPS) is 15.0. The lowest BCUT2D eigenvalue weighted by Crippen LogP contribution is -2.45. The Morgan fingerprint density at radius 2 is 1.42 bits per heavy atom. The Balaban J connectivity index is 1.54. The first-order valence-electron chi connectivity index (χ1n) is 10.6. The number of urea groups is 1. The van der Waals surface area contributed by atoms with Crippen LogP contribution in [0.3, 0.4) is 0 Å². The SMILES string of the molecule is N=C(N)c1ccc2ccc(CN3C(=O)NC(c4ccccc4)(c4ccccc4)C3=O)cc2c1. The lowest BCUT2D eigenvalue weighted by molar-refractivity contribution is -0.130. The highest BCUT2D eigenvalue weighted by atomic mass is 16.2. The van der Waals surface area contributed by atoms with Gasteiger partial charge in [-0.2, -0.15) is 0 Å². The molecule has 6 heteroatoms. The summed E-state index contributed by atoms with van der Waals surface area (Å²) < 4.78 is 0. The molecule has 1 aliphatic rings. The van der Waals surface area contributed by atoms with Crippen LogP contribution in [-0.4, -0.2) is 22.7 Å². The van der Waals surface area contributed by atoms with Gasteiger partial charge in [0.05, 0.1) is 6.54 Å². The van der Waals surface area contributed by atoms with E-state index in [0.717, 1.165) is 16.3 Å². The van der Waals surface area contributed by atoms with E-state index in [1.54, 1.807) is 6.07 Å². The largest absolute Gasteiger partial charge is 0.384 e. The van der Waals surface area contributed by atoms with Gasteiger partial charge in [0.2, 0.25) is 0 Å². The molecule has 1 heterocycles. The van der Waals surface area contributed by atoms with E-state index in [4.69, 9.17) is 11.1 Å². The molecule has 3 amide bonds. The van der Waals surface area contributed by atoms with Crippen molar-refractivity contribution in [2.45, 2.75) is 12.1 Å². The number of nitrogens with two attached hydrogens (primary N) is 1. The number of imide groups is 1. The molecule has 4 N–H and O–H groups in total. The van der Waals surface area contributed by atoms with Crippen molar-refractivity contribution >= 4 is 28.5 Å². The fourth-order valence-electron chi connectivity index (χ4n) is 4.40. The number of hydrogen-bond donors (Lipinski definition) is 3. The highest BCUT2D eigenvalue weighted by molar-refractivity contribution is 6.09. The van der Waals surface area contributed by atoms with Crippen LogP contribution in [0.4, 0.5) is 4.79 Å². The molecule has 5 rings (SSSR count). The van der Waals surface area contributed by atoms with Crippen LogP contribution < -0.4 is 11.1 Å². The molecule has 6 nitrogen and oxygen atoms in total. The second-order valence-corrected chi connectivity index (χ2v) is 8.11. The lowest BCUT2D eigenvalue weighted by Gasteiger charge is -2.28. The maximum absolute atomic E-state index is 13.8. The van der Waals surface area contributed by atoms with Gasteiger partial charge < -0.3 is 11.1 Å². The van der Waals surface area contributed by atoms with Crippen LogP contribution in [-0.2, 0) is 16.9 Å². The van der Waals surface area contributed by atoms with Crippen molar-refractivity contribution < 1.29 is 9.59 Å². The van der Waals surface area contributed by atoms with Crippen LogP contribution in [0, 0.1) is 5.41 Å². The van der Waals surface area contributed by atoms with Crippen LogP contribution in [0.5, 0.6) is 0 Å². The number of hydrogen-bond acceptors (Lipinski definition) is 3. The van der Waals surface area contributed by atoms with E-state index in [0.29, 0.717) is 16.7 Å². The predicted molar refractivity (Wildman–Crippen MR) is 128 cm³/mol. The van der Waals surface area contributed by atoms with E-state index in [9.17, 15) is 9.59 Å². The third kappa shape index (κ3) is 3.42. The van der Waals surface area contributed by atoms with Gasteiger partial charge in [0.1, 0.15) is 5.84 Å². The summed E-state index contributed by atoms with van der Waals surface area (Å²) in [5.74, 6) is -0.325. The summed E-state index contributed by atoms with van der Waals surface area (Å²) >= 11 is 0. The quantitative estimate of drug-likeness (QED) is 0.250. The summed E-state index contributed by atoms with van der Waals surface area (Å²) in [6.45, 7) is 0.131. The van der Waals surface area contributed by atoms with Gasteiger partial charge in [-0.3, -0.25) is 15.1 Å². The van der Waals surface area contributed by atoms with Crippen molar-refractivity contribution in [2.75, 3.05) is 0 Å². The third-order valence-electron chi connectivity index (χ3n) is 6.08. The van der Waals surface area contributed by atoms with Crippen molar-refractivity contribution in [1.29, 1.82) is 5.41 Å². The summed E-state index contributed by atoms with van der Waals surface area (Å²) in [5, 5.41) is 12.5. The van der Waals surface area contributed by atoms with Gasteiger partial charge >= 0.3 is 6.03 Å². The zero-order chi connectivity index (χ0) is 23.0. The van der Waals surface area contributed by atoms with E-state index in [2.05, 4.69) is 5.32 Å². The van der Waals surface area contributed by atoms with Crippen LogP contribution >= 0.6 is 0 Å². The van der Waals surface area contributed by atoms with Gasteiger partial charge in [0, 0.05) is 5.56 Å². The molecule has 0 saturated carbocycles. The standard InChI is InChI=1S/C27H22N4O2/c28-24(29)20-14-13-19-12-11-18(15-21(19)16-20)17-31-25(32)27(30-26(31)33,22-7-3-1-4-8-22)23-9-5-2-6-10-23/h1-16H,17H2,(H3,28,29)(H,30,33). The molecule has 0 bridgehead atoms. The number of nitrogen functional groups attached to an aromatic ring is 1. The van der Waals surface area contributed by atoms with Gasteiger partial charge in [-0.05, 0) is 39.6 Å². The minimum absolute atomic E-state index is 0.00749. The number of nitrogens with zero attached hydrogens (tertiary/aromatic N) is 1. The Kier molecular flexibility index (Phi) is 4.90. The summed E-state index contributed by atoms with van der Waals surface area (Å²) in [6.07, 6.45) is 0. The minimum atomic E-state index is -1.28. The Hall–Kier alpha value is -4.45. The topological polar surface area (TPSA) is 99.3 Å². The number of nitrogens with one attached hydrogen (secondary N) is 2. The molecule has 0 aliphatic carbocycles. The Morgan fingerprint density at radius 3 is 2.03 bits per heavy atom. The first-order chi connectivity index (χ1) is 16.0. The second-order valence-electron chi connectivity index (χ2n) is 8.11. The monoisotopic (exact) mass is 434 g/mol. The zero-order valence-electron chi connectivity index (χ0n) is 17.8. The Morgan fingerprint density at radius 1 is 0.818 bits per heavy atom. The fourth-order valence-corrected chi connectivity index (χ4v) is 4.40. The average Bonchev–Trinajstić information content (AvgIpc) is 3.10. The molecule has 162 valence electrons. The van der Waals surface area contributed by atoms with E-state index in [-0.39, 0.29) is 18.3 Å². The number of fused-ring (bicyclic) bond motifs is 1. The highest BCUT2D eigenvalue weighted by Crippen LogP contribution is 2.36. The van der Waals surface area contributed by atoms with Gasteiger partial charge in [0.25, 0.3) is 5.91 Å². The maximum Gasteiger partial charge on any atom is 0.325 e. The van der Waals surface area contributed by atoms with Gasteiger partial charge in [-0.1, -0.05) is 84.9 Å². The summed E-state index contributed by atoms with van der Waals surface area (Å²) in [7, 11) is 0. The number of amides is 3. The first-order valence-corrected chi connectivity index (χ1v) is 10.6. The number of benzene rings is 4. The molecule has 1 fully saturated rings. The van der Waals surface area contributed by atoms with Crippen molar-refractivity contribution in [3.63, 3.8) is 0 Å². The van der Waals surface area contributed by atoms with Crippen molar-refractivity contribution in [2.24, 2.45) is 5.73 Å². The molecule has 0 atom stereocenters. The van der Waals surface area contributed by atoms with E-state index >= 15 is 0 Å². The van der Waals surface area contributed by atoms with Crippen LogP contribution in [0.1, 0.15) is 22.3 Å². The van der Waals surface area contributed by atoms with Gasteiger partial charge in [0.15, 0.2) is 5.54 Å². The molecule has 0 spiro atoms. The summed E-state index contributed by atoms with van der Waals surface area (Å²) in [6, 6.07) is 29.5. The zero-order valence-corrected chi connectivity index (χ0v) is 17.8. The van der Waals surface area contributed by atoms with Crippen LogP contribution in [0.25, 0.3) is 10.8 Å². The molecular formula is C27H22N4O2. The molecule has 0 unspecified atom stereocenters. The van der Waals surface area contributed by atoms with Crippen molar-refractivity contribution in [3.8, 4) is 0 Å². The predicted octanol–water partition coefficient (Wildman–Crippen LogP) is 4.12. The van der Waals surface area contributed by atoms with E-state index in [1.807, 2.05) is 91.0 Å². The van der Waals surface area contributed by atoms with Crippen molar-refractivity contribution in [3.05, 3.63) is 119 Å². The van der Waals surface area contributed by atoms with Crippen LogP contribution in [0.15, 0.2) is 97.1 Å². The lowest BCUT2D eigenvalue weighted by atomic mass is 9.82.